The Morgan fingerprint density at radius 1 is 0.382 bits per heavy atom. The zero-order chi connectivity index (χ0) is 52.8. The second kappa shape index (κ2) is 16.6. The highest BCUT2D eigenvalue weighted by atomic mass is 32.1. The summed E-state index contributed by atoms with van der Waals surface area (Å²) in [6.45, 7) is 0. The van der Waals surface area contributed by atoms with E-state index in [0.29, 0.717) is 22.7 Å². The lowest BCUT2D eigenvalue weighted by Gasteiger charge is -2.30. The summed E-state index contributed by atoms with van der Waals surface area (Å²) in [6.07, 6.45) is 0. The van der Waals surface area contributed by atoms with Crippen LogP contribution in [0.15, 0.2) is 261 Å². The molecule has 0 fully saturated rings. The molecule has 2 aromatic heterocycles. The molecule has 11 aromatic carbocycles. The van der Waals surface area contributed by atoms with Crippen LogP contribution in [0.4, 0.5) is 34.1 Å². The second-order valence-electron chi connectivity index (χ2n) is 16.6. The molecule has 0 aliphatic carbocycles. The molecule has 0 aliphatic heterocycles. The lowest BCUT2D eigenvalue weighted by Crippen LogP contribution is -2.13. The Morgan fingerprint density at radius 3 is 1.85 bits per heavy atom. The van der Waals surface area contributed by atoms with Gasteiger partial charge in [0.05, 0.1) is 33.8 Å². The molecule has 0 atom stereocenters. The molecule has 0 saturated carbocycles. The number of hydrogen-bond donors (Lipinski definition) is 0. The van der Waals surface area contributed by atoms with Crippen LogP contribution in [0.2, 0.25) is 0 Å². The van der Waals surface area contributed by atoms with Gasteiger partial charge in [0.25, 0.3) is 0 Å². The molecule has 0 aliphatic rings. The molecule has 13 rings (SSSR count). The maximum Gasteiger partial charge on any atom is 0.0661 e. The molecule has 0 bridgehead atoms. The minimum Gasteiger partial charge on any atom is -0.310 e. The quantitative estimate of drug-likeness (QED) is 0.143. The summed E-state index contributed by atoms with van der Waals surface area (Å²) >= 11 is 1.55. The van der Waals surface area contributed by atoms with Gasteiger partial charge >= 0.3 is 0 Å². The van der Waals surface area contributed by atoms with Crippen molar-refractivity contribution in [2.24, 2.45) is 0 Å². The van der Waals surface area contributed by atoms with Gasteiger partial charge in [-0.05, 0) is 130 Å². The van der Waals surface area contributed by atoms with Crippen molar-refractivity contribution in [2.45, 2.75) is 0 Å². The molecule has 0 amide bonds. The molecule has 13 aromatic rings. The number of hydrogen-bond acceptors (Lipinski definition) is 3. The third-order valence-electron chi connectivity index (χ3n) is 12.8. The first-order valence-corrected chi connectivity index (χ1v) is 23.2. The molecule has 0 saturated heterocycles. The summed E-state index contributed by atoms with van der Waals surface area (Å²) in [7, 11) is 0. The van der Waals surface area contributed by atoms with E-state index >= 15 is 0 Å². The molecular weight excluding hydrogens is 843 g/mol. The van der Waals surface area contributed by atoms with E-state index < -0.39 is 24.2 Å². The normalized spacial score (nSPS) is 13.4. The van der Waals surface area contributed by atoms with Gasteiger partial charge in [-0.15, -0.1) is 11.3 Å². The summed E-state index contributed by atoms with van der Waals surface area (Å²) < 4.78 is 85.1. The average molecular weight is 895 g/mol. The van der Waals surface area contributed by atoms with E-state index in [1.165, 1.54) is 6.07 Å². The molecular formula is C64H43N3S. The first kappa shape index (κ1) is 31.3. The maximum atomic E-state index is 9.49. The van der Waals surface area contributed by atoms with Crippen LogP contribution in [0.5, 0.6) is 0 Å². The molecule has 2 heterocycles. The number of para-hydroxylation sites is 4. The first-order valence-electron chi connectivity index (χ1n) is 26.9. The van der Waals surface area contributed by atoms with Crippen LogP contribution in [-0.2, 0) is 0 Å². The Kier molecular flexibility index (Phi) is 7.64. The first-order chi connectivity index (χ1) is 37.5. The fraction of sp³-hybridized carbons (Fsp3) is 0. The van der Waals surface area contributed by atoms with Gasteiger partial charge in [-0.3, -0.25) is 0 Å². The number of thiophene rings is 1. The monoisotopic (exact) mass is 894 g/mol. The van der Waals surface area contributed by atoms with E-state index in [4.69, 9.17) is 8.22 Å². The van der Waals surface area contributed by atoms with Crippen molar-refractivity contribution in [3.63, 3.8) is 0 Å². The van der Waals surface area contributed by atoms with Crippen LogP contribution >= 0.6 is 11.3 Å². The summed E-state index contributed by atoms with van der Waals surface area (Å²) in [4.78, 5) is 3.54. The predicted molar refractivity (Wildman–Crippen MR) is 291 cm³/mol. The summed E-state index contributed by atoms with van der Waals surface area (Å²) in [5.41, 5.74) is 9.41. The van der Waals surface area contributed by atoms with Gasteiger partial charge in [-0.2, -0.15) is 0 Å². The van der Waals surface area contributed by atoms with Gasteiger partial charge in [0, 0.05) is 60.4 Å². The van der Waals surface area contributed by atoms with Crippen molar-refractivity contribution in [2.75, 3.05) is 9.80 Å². The van der Waals surface area contributed by atoms with Crippen molar-refractivity contribution in [1.82, 2.24) is 4.57 Å². The molecule has 0 unspecified atom stereocenters. The molecule has 3 nitrogen and oxygen atoms in total. The molecule has 4 heteroatoms. The zero-order valence-corrected chi connectivity index (χ0v) is 37.2. The van der Waals surface area contributed by atoms with Gasteiger partial charge in [-0.1, -0.05) is 164 Å². The molecule has 0 radical (unpaired) electrons. The highest BCUT2D eigenvalue weighted by Gasteiger charge is 2.24. The minimum absolute atomic E-state index is 0.0539. The van der Waals surface area contributed by atoms with Crippen LogP contribution < -0.4 is 9.80 Å². The molecule has 320 valence electrons. The van der Waals surface area contributed by atoms with Crippen molar-refractivity contribution in [3.05, 3.63) is 261 Å². The zero-order valence-electron chi connectivity index (χ0n) is 45.4. The minimum atomic E-state index is -0.512. The summed E-state index contributed by atoms with van der Waals surface area (Å²) in [5, 5.41) is 6.18. The van der Waals surface area contributed by atoms with Crippen LogP contribution in [-0.4, -0.2) is 4.57 Å². The van der Waals surface area contributed by atoms with E-state index in [1.807, 2.05) is 108 Å². The molecule has 0 N–H and O–H groups in total. The molecule has 0 spiro atoms. The van der Waals surface area contributed by atoms with Gasteiger partial charge in [-0.25, -0.2) is 0 Å². The van der Waals surface area contributed by atoms with Crippen LogP contribution in [0.3, 0.4) is 0 Å². The van der Waals surface area contributed by atoms with E-state index in [-0.39, 0.29) is 41.6 Å². The van der Waals surface area contributed by atoms with Gasteiger partial charge in [0.15, 0.2) is 0 Å². The van der Waals surface area contributed by atoms with Crippen LogP contribution in [0.25, 0.3) is 80.7 Å². The van der Waals surface area contributed by atoms with E-state index in [0.717, 1.165) is 80.7 Å². The number of rotatable bonds is 9. The fourth-order valence-electron chi connectivity index (χ4n) is 9.81. The Labute approximate surface area is 411 Å². The van der Waals surface area contributed by atoms with Crippen molar-refractivity contribution in [1.29, 1.82) is 0 Å². The third-order valence-corrected chi connectivity index (χ3v) is 14.0. The number of anilines is 6. The van der Waals surface area contributed by atoms with Crippen LogP contribution in [0.1, 0.15) is 12.3 Å². The molecule has 68 heavy (non-hydrogen) atoms. The van der Waals surface area contributed by atoms with Crippen LogP contribution in [0, 0.1) is 0 Å². The summed E-state index contributed by atoms with van der Waals surface area (Å²) in [6, 6.07) is 65.1. The SMILES string of the molecule is [2H]c1cc(N(c2ccc(-c3ccccc3)cc2)c2cc(N(c3ccccc3)c3c([2H])c([2H])c([2H])c([2H])c3[2H])cc3c2sc2ccc(-c4cccc5c4c4c6ccccc6ccc4n5-c4ccccc4)cc23)c([2H])c([2H])c1[2H]. The van der Waals surface area contributed by atoms with Gasteiger partial charge in [0.2, 0.25) is 0 Å². The summed E-state index contributed by atoms with van der Waals surface area (Å²) in [5.74, 6) is 0. The third kappa shape index (κ3) is 6.73. The Hall–Kier alpha value is -8.70. The Balaban J connectivity index is 1.14. The lowest BCUT2D eigenvalue weighted by atomic mass is 9.95. The number of nitrogens with zero attached hydrogens (tertiary/aromatic N) is 3. The number of aromatic nitrogens is 1. The second-order valence-corrected chi connectivity index (χ2v) is 17.7. The van der Waals surface area contributed by atoms with E-state index in [2.05, 4.69) is 102 Å². The Bertz CT molecular complexity index is 4480. The van der Waals surface area contributed by atoms with Gasteiger partial charge < -0.3 is 14.4 Å². The lowest BCUT2D eigenvalue weighted by molar-refractivity contribution is 1.18. The van der Waals surface area contributed by atoms with E-state index in [1.54, 1.807) is 16.2 Å². The largest absolute Gasteiger partial charge is 0.310 e. The Morgan fingerprint density at radius 2 is 1.04 bits per heavy atom. The highest BCUT2D eigenvalue weighted by molar-refractivity contribution is 7.26. The maximum absolute atomic E-state index is 9.49. The smallest absolute Gasteiger partial charge is 0.0661 e. The van der Waals surface area contributed by atoms with Crippen molar-refractivity contribution >= 4 is 98.2 Å². The number of fused-ring (bicyclic) bond motifs is 8. The van der Waals surface area contributed by atoms with Crippen molar-refractivity contribution < 1.29 is 12.3 Å². The highest BCUT2D eigenvalue weighted by Crippen LogP contribution is 2.50. The number of benzene rings is 11. The standard InChI is InChI=1S/C64H43N3S/c1-6-19-44(20-7-1)45-33-37-52(38-34-45)66(50-26-12-4-13-27-50)60-43-53(65(48-22-8-2-9-23-48)49-24-10-3-11-25-49)42-57-56-41-47(36-40-61(56)68-64(57)60)55-31-18-32-58-63(55)62-54-30-17-16-21-46(54)35-39-59(62)67(58)51-28-14-5-15-29-51/h1-43H/i2D,4D,8D,9D,12D,13D,22D,23D,26D. The van der Waals surface area contributed by atoms with E-state index in [9.17, 15) is 4.11 Å². The van der Waals surface area contributed by atoms with Gasteiger partial charge in [0.1, 0.15) is 0 Å². The fourth-order valence-corrected chi connectivity index (χ4v) is 11.0. The predicted octanol–water partition coefficient (Wildman–Crippen LogP) is 18.6. The van der Waals surface area contributed by atoms with Crippen molar-refractivity contribution in [3.8, 4) is 27.9 Å². The topological polar surface area (TPSA) is 11.4 Å². The average Bonchev–Trinajstić information content (AvgIpc) is 4.05.